The fourth-order valence-electron chi connectivity index (χ4n) is 1.74. The van der Waals surface area contributed by atoms with Crippen LogP contribution in [0.15, 0.2) is 18.2 Å². The first-order valence-corrected chi connectivity index (χ1v) is 6.50. The smallest absolute Gasteiger partial charge is 0.320 e. The van der Waals surface area contributed by atoms with E-state index in [1.807, 2.05) is 13.8 Å². The molecule has 0 saturated heterocycles. The van der Waals surface area contributed by atoms with E-state index < -0.39 is 29.6 Å². The van der Waals surface area contributed by atoms with Crippen LogP contribution in [0.2, 0.25) is 0 Å². The molecule has 1 amide bonds. The molecule has 0 saturated carbocycles. The number of carbonyl (C=O) groups is 2. The molecule has 5 nitrogen and oxygen atoms in total. The number of rotatable bonds is 7. The van der Waals surface area contributed by atoms with Gasteiger partial charge in [0.25, 0.3) is 0 Å². The standard InChI is InChI=1S/C14H18F2N2O3/c1-8(2)5-12(14(20)21)17-7-13(19)18-11-4-3-9(15)6-10(11)16/h3-4,6,8,12,17H,5,7H2,1-2H3,(H,18,19)(H,20,21). The number of benzene rings is 1. The Balaban J connectivity index is 2.54. The third kappa shape index (κ3) is 5.86. The molecule has 0 radical (unpaired) electrons. The van der Waals surface area contributed by atoms with E-state index in [2.05, 4.69) is 10.6 Å². The molecule has 21 heavy (non-hydrogen) atoms. The highest BCUT2D eigenvalue weighted by Crippen LogP contribution is 2.14. The van der Waals surface area contributed by atoms with Gasteiger partial charge in [-0.05, 0) is 24.5 Å². The Bertz CT molecular complexity index is 521. The summed E-state index contributed by atoms with van der Waals surface area (Å²) in [4.78, 5) is 22.6. The predicted octanol–water partition coefficient (Wildman–Crippen LogP) is 1.99. The zero-order valence-electron chi connectivity index (χ0n) is 11.8. The SMILES string of the molecule is CC(C)CC(NCC(=O)Nc1ccc(F)cc1F)C(=O)O. The summed E-state index contributed by atoms with van der Waals surface area (Å²) in [5.41, 5.74) is -0.154. The van der Waals surface area contributed by atoms with Gasteiger partial charge in [0.2, 0.25) is 5.91 Å². The van der Waals surface area contributed by atoms with Crippen molar-refractivity contribution in [2.45, 2.75) is 26.3 Å². The number of anilines is 1. The van der Waals surface area contributed by atoms with Gasteiger partial charge in [-0.1, -0.05) is 13.8 Å². The van der Waals surface area contributed by atoms with Crippen LogP contribution in [0.25, 0.3) is 0 Å². The molecule has 116 valence electrons. The summed E-state index contributed by atoms with van der Waals surface area (Å²) in [5, 5.41) is 13.8. The maximum absolute atomic E-state index is 13.3. The fraction of sp³-hybridized carbons (Fsp3) is 0.429. The number of aliphatic carboxylic acids is 1. The zero-order valence-corrected chi connectivity index (χ0v) is 11.8. The molecular formula is C14H18F2N2O3. The van der Waals surface area contributed by atoms with Crippen molar-refractivity contribution in [1.29, 1.82) is 0 Å². The van der Waals surface area contributed by atoms with Crippen molar-refractivity contribution in [3.63, 3.8) is 0 Å². The second kappa shape index (κ2) is 7.68. The number of amides is 1. The van der Waals surface area contributed by atoms with E-state index in [9.17, 15) is 18.4 Å². The number of carbonyl (C=O) groups excluding carboxylic acids is 1. The maximum atomic E-state index is 13.3. The highest BCUT2D eigenvalue weighted by atomic mass is 19.1. The Morgan fingerprint density at radius 2 is 1.95 bits per heavy atom. The number of carboxylic acid groups (broad SMARTS) is 1. The summed E-state index contributed by atoms with van der Waals surface area (Å²) in [6.45, 7) is 3.46. The van der Waals surface area contributed by atoms with Crippen LogP contribution in [0.3, 0.4) is 0 Å². The van der Waals surface area contributed by atoms with E-state index >= 15 is 0 Å². The Kier molecular flexibility index (Phi) is 6.23. The topological polar surface area (TPSA) is 78.4 Å². The number of nitrogens with one attached hydrogen (secondary N) is 2. The maximum Gasteiger partial charge on any atom is 0.320 e. The van der Waals surface area contributed by atoms with Crippen molar-refractivity contribution in [2.24, 2.45) is 5.92 Å². The third-order valence-corrected chi connectivity index (χ3v) is 2.72. The van der Waals surface area contributed by atoms with Crippen molar-refractivity contribution in [1.82, 2.24) is 5.32 Å². The summed E-state index contributed by atoms with van der Waals surface area (Å²) in [7, 11) is 0. The van der Waals surface area contributed by atoms with Gasteiger partial charge in [-0.3, -0.25) is 14.9 Å². The predicted molar refractivity (Wildman–Crippen MR) is 73.9 cm³/mol. The van der Waals surface area contributed by atoms with Crippen molar-refractivity contribution >= 4 is 17.6 Å². The van der Waals surface area contributed by atoms with E-state index in [0.29, 0.717) is 12.5 Å². The Hall–Kier alpha value is -2.02. The van der Waals surface area contributed by atoms with E-state index in [0.717, 1.165) is 12.1 Å². The third-order valence-electron chi connectivity index (χ3n) is 2.72. The molecule has 1 aromatic carbocycles. The largest absolute Gasteiger partial charge is 0.480 e. The average molecular weight is 300 g/mol. The quantitative estimate of drug-likeness (QED) is 0.719. The second-order valence-corrected chi connectivity index (χ2v) is 5.07. The molecule has 0 aliphatic heterocycles. The number of carboxylic acids is 1. The summed E-state index contributed by atoms with van der Waals surface area (Å²) < 4.78 is 26.1. The lowest BCUT2D eigenvalue weighted by atomic mass is 10.0. The van der Waals surface area contributed by atoms with Crippen molar-refractivity contribution in [3.05, 3.63) is 29.8 Å². The number of halogens is 2. The fourth-order valence-corrected chi connectivity index (χ4v) is 1.74. The van der Waals surface area contributed by atoms with Crippen molar-refractivity contribution < 1.29 is 23.5 Å². The second-order valence-electron chi connectivity index (χ2n) is 5.07. The van der Waals surface area contributed by atoms with Crippen LogP contribution in [0.5, 0.6) is 0 Å². The summed E-state index contributed by atoms with van der Waals surface area (Å²) in [5.74, 6) is -3.14. The van der Waals surface area contributed by atoms with Gasteiger partial charge in [-0.2, -0.15) is 0 Å². The van der Waals surface area contributed by atoms with Gasteiger partial charge in [-0.15, -0.1) is 0 Å². The van der Waals surface area contributed by atoms with Gasteiger partial charge in [0.05, 0.1) is 12.2 Å². The Morgan fingerprint density at radius 3 is 2.48 bits per heavy atom. The molecule has 3 N–H and O–H groups in total. The Labute approximate surface area is 121 Å². The number of hydrogen-bond donors (Lipinski definition) is 3. The van der Waals surface area contributed by atoms with Gasteiger partial charge in [-0.25, -0.2) is 8.78 Å². The van der Waals surface area contributed by atoms with Crippen LogP contribution in [0, 0.1) is 17.6 Å². The van der Waals surface area contributed by atoms with E-state index in [4.69, 9.17) is 5.11 Å². The van der Waals surface area contributed by atoms with Gasteiger partial charge < -0.3 is 10.4 Å². The lowest BCUT2D eigenvalue weighted by molar-refractivity contribution is -0.139. The van der Waals surface area contributed by atoms with Crippen LogP contribution in [0.4, 0.5) is 14.5 Å². The average Bonchev–Trinajstić information content (AvgIpc) is 2.37. The van der Waals surface area contributed by atoms with Gasteiger partial charge in [0.15, 0.2) is 0 Å². The monoisotopic (exact) mass is 300 g/mol. The molecule has 1 unspecified atom stereocenters. The molecule has 0 bridgehead atoms. The summed E-state index contributed by atoms with van der Waals surface area (Å²) in [6.07, 6.45) is 0.369. The molecule has 1 atom stereocenters. The van der Waals surface area contributed by atoms with Crippen LogP contribution in [0.1, 0.15) is 20.3 Å². The first-order chi connectivity index (χ1) is 9.79. The first-order valence-electron chi connectivity index (χ1n) is 6.50. The van der Waals surface area contributed by atoms with Crippen LogP contribution in [-0.2, 0) is 9.59 Å². The van der Waals surface area contributed by atoms with E-state index in [-0.39, 0.29) is 18.2 Å². The Morgan fingerprint density at radius 1 is 1.29 bits per heavy atom. The molecular weight excluding hydrogens is 282 g/mol. The van der Waals surface area contributed by atoms with E-state index in [1.54, 1.807) is 0 Å². The summed E-state index contributed by atoms with van der Waals surface area (Å²) in [6, 6.07) is 1.92. The molecule has 0 heterocycles. The zero-order chi connectivity index (χ0) is 16.0. The van der Waals surface area contributed by atoms with Crippen LogP contribution < -0.4 is 10.6 Å². The molecule has 0 aromatic heterocycles. The highest BCUT2D eigenvalue weighted by molar-refractivity contribution is 5.92. The van der Waals surface area contributed by atoms with Crippen molar-refractivity contribution in [3.8, 4) is 0 Å². The lowest BCUT2D eigenvalue weighted by Gasteiger charge is -2.16. The molecule has 1 aromatic rings. The molecule has 0 aliphatic rings. The number of hydrogen-bond acceptors (Lipinski definition) is 3. The molecule has 0 spiro atoms. The van der Waals surface area contributed by atoms with Crippen molar-refractivity contribution in [2.75, 3.05) is 11.9 Å². The van der Waals surface area contributed by atoms with Gasteiger partial charge in [0, 0.05) is 6.07 Å². The minimum Gasteiger partial charge on any atom is -0.480 e. The van der Waals surface area contributed by atoms with Gasteiger partial charge in [0.1, 0.15) is 17.7 Å². The molecule has 1 rings (SSSR count). The minimum absolute atomic E-state index is 0.149. The first kappa shape index (κ1) is 17.0. The van der Waals surface area contributed by atoms with Crippen LogP contribution in [-0.4, -0.2) is 29.6 Å². The normalized spacial score (nSPS) is 12.2. The molecule has 0 aliphatic carbocycles. The molecule has 0 fully saturated rings. The van der Waals surface area contributed by atoms with Gasteiger partial charge >= 0.3 is 5.97 Å². The van der Waals surface area contributed by atoms with E-state index in [1.165, 1.54) is 0 Å². The summed E-state index contributed by atoms with van der Waals surface area (Å²) >= 11 is 0. The highest BCUT2D eigenvalue weighted by Gasteiger charge is 2.19. The lowest BCUT2D eigenvalue weighted by Crippen LogP contribution is -2.42. The minimum atomic E-state index is -1.05. The van der Waals surface area contributed by atoms with Crippen LogP contribution >= 0.6 is 0 Å². The molecule has 7 heteroatoms.